The van der Waals surface area contributed by atoms with Gasteiger partial charge in [-0.2, -0.15) is 0 Å². The summed E-state index contributed by atoms with van der Waals surface area (Å²) in [4.78, 5) is 2.42. The quantitative estimate of drug-likeness (QED) is 0.735. The summed E-state index contributed by atoms with van der Waals surface area (Å²) in [6, 6.07) is 0. The minimum atomic E-state index is -0.139. The fraction of sp³-hybridized carbons (Fsp3) is 0.846. The smallest absolute Gasteiger partial charge is 0.0594 e. The molecule has 2 rings (SSSR count). The van der Waals surface area contributed by atoms with Crippen molar-refractivity contribution in [2.75, 3.05) is 32.8 Å². The maximum absolute atomic E-state index is 10.1. The SMILES string of the molecule is C=CC1CCC(CN2CCOCC2)C(O)C1. The van der Waals surface area contributed by atoms with E-state index in [1.807, 2.05) is 6.08 Å². The van der Waals surface area contributed by atoms with Crippen LogP contribution in [0, 0.1) is 11.8 Å². The highest BCUT2D eigenvalue weighted by Crippen LogP contribution is 2.30. The van der Waals surface area contributed by atoms with Gasteiger partial charge in [-0.05, 0) is 31.1 Å². The van der Waals surface area contributed by atoms with Gasteiger partial charge in [0.1, 0.15) is 0 Å². The zero-order chi connectivity index (χ0) is 11.4. The lowest BCUT2D eigenvalue weighted by Crippen LogP contribution is -2.43. The predicted molar refractivity (Wildman–Crippen MR) is 64.3 cm³/mol. The van der Waals surface area contributed by atoms with Crippen LogP contribution in [0.4, 0.5) is 0 Å². The van der Waals surface area contributed by atoms with Gasteiger partial charge in [0.25, 0.3) is 0 Å². The van der Waals surface area contributed by atoms with Crippen LogP contribution in [-0.4, -0.2) is 49.0 Å². The molecule has 92 valence electrons. The molecular formula is C13H23NO2. The molecule has 2 aliphatic rings. The van der Waals surface area contributed by atoms with Crippen molar-refractivity contribution in [1.82, 2.24) is 4.90 Å². The Hall–Kier alpha value is -0.380. The van der Waals surface area contributed by atoms with E-state index in [1.165, 1.54) is 6.42 Å². The summed E-state index contributed by atoms with van der Waals surface area (Å²) in [7, 11) is 0. The number of morpholine rings is 1. The van der Waals surface area contributed by atoms with Gasteiger partial charge in [-0.25, -0.2) is 0 Å². The molecule has 1 saturated carbocycles. The second kappa shape index (κ2) is 5.80. The van der Waals surface area contributed by atoms with Crippen molar-refractivity contribution in [3.8, 4) is 0 Å². The molecule has 3 atom stereocenters. The van der Waals surface area contributed by atoms with Gasteiger partial charge in [-0.15, -0.1) is 6.58 Å². The van der Waals surface area contributed by atoms with E-state index in [4.69, 9.17) is 4.74 Å². The molecule has 3 nitrogen and oxygen atoms in total. The number of allylic oxidation sites excluding steroid dienone is 1. The molecule has 1 saturated heterocycles. The first kappa shape index (κ1) is 12.1. The van der Waals surface area contributed by atoms with Gasteiger partial charge in [-0.1, -0.05) is 6.08 Å². The van der Waals surface area contributed by atoms with Crippen molar-refractivity contribution >= 4 is 0 Å². The standard InChI is InChI=1S/C13H23NO2/c1-2-11-3-4-12(13(15)9-11)10-14-5-7-16-8-6-14/h2,11-13,15H,1,3-10H2. The Morgan fingerprint density at radius 1 is 1.31 bits per heavy atom. The first-order valence-corrected chi connectivity index (χ1v) is 6.40. The van der Waals surface area contributed by atoms with Gasteiger partial charge in [0.2, 0.25) is 0 Å². The van der Waals surface area contributed by atoms with Gasteiger partial charge < -0.3 is 9.84 Å². The van der Waals surface area contributed by atoms with E-state index in [0.717, 1.165) is 45.7 Å². The molecule has 16 heavy (non-hydrogen) atoms. The number of hydrogen-bond acceptors (Lipinski definition) is 3. The Kier molecular flexibility index (Phi) is 4.38. The first-order valence-electron chi connectivity index (χ1n) is 6.40. The van der Waals surface area contributed by atoms with Crippen LogP contribution in [0.3, 0.4) is 0 Å². The molecule has 0 aromatic rings. The van der Waals surface area contributed by atoms with Crippen LogP contribution in [0.5, 0.6) is 0 Å². The predicted octanol–water partition coefficient (Wildman–Crippen LogP) is 1.28. The third kappa shape index (κ3) is 3.06. The largest absolute Gasteiger partial charge is 0.393 e. The molecule has 0 aromatic heterocycles. The molecular weight excluding hydrogens is 202 g/mol. The molecule has 0 aromatic carbocycles. The maximum Gasteiger partial charge on any atom is 0.0594 e. The monoisotopic (exact) mass is 225 g/mol. The number of ether oxygens (including phenoxy) is 1. The molecule has 0 spiro atoms. The molecule has 3 unspecified atom stereocenters. The third-order valence-electron chi connectivity index (χ3n) is 3.93. The van der Waals surface area contributed by atoms with E-state index < -0.39 is 0 Å². The Balaban J connectivity index is 1.78. The zero-order valence-corrected chi connectivity index (χ0v) is 9.98. The van der Waals surface area contributed by atoms with Gasteiger partial charge >= 0.3 is 0 Å². The number of hydrogen-bond donors (Lipinski definition) is 1. The van der Waals surface area contributed by atoms with Crippen LogP contribution < -0.4 is 0 Å². The van der Waals surface area contributed by atoms with Crippen LogP contribution in [-0.2, 0) is 4.74 Å². The highest BCUT2D eigenvalue weighted by atomic mass is 16.5. The van der Waals surface area contributed by atoms with Gasteiger partial charge in [0, 0.05) is 19.6 Å². The summed E-state index contributed by atoms with van der Waals surface area (Å²) >= 11 is 0. The number of nitrogens with zero attached hydrogens (tertiary/aromatic N) is 1. The average molecular weight is 225 g/mol. The molecule has 1 N–H and O–H groups in total. The lowest BCUT2D eigenvalue weighted by atomic mass is 9.79. The molecule has 1 heterocycles. The third-order valence-corrected chi connectivity index (χ3v) is 3.93. The second-order valence-corrected chi connectivity index (χ2v) is 5.05. The number of aliphatic hydroxyl groups excluding tert-OH is 1. The highest BCUT2D eigenvalue weighted by molar-refractivity contribution is 4.89. The Morgan fingerprint density at radius 3 is 2.69 bits per heavy atom. The van der Waals surface area contributed by atoms with Crippen molar-refractivity contribution in [3.05, 3.63) is 12.7 Å². The summed E-state index contributed by atoms with van der Waals surface area (Å²) in [5.74, 6) is 0.977. The first-order chi connectivity index (χ1) is 7.79. The molecule has 1 aliphatic carbocycles. The second-order valence-electron chi connectivity index (χ2n) is 5.05. The molecule has 0 bridgehead atoms. The van der Waals surface area contributed by atoms with Crippen molar-refractivity contribution in [1.29, 1.82) is 0 Å². The number of rotatable bonds is 3. The van der Waals surface area contributed by atoms with Crippen LogP contribution in [0.15, 0.2) is 12.7 Å². The van der Waals surface area contributed by atoms with Crippen LogP contribution in [0.25, 0.3) is 0 Å². The van der Waals surface area contributed by atoms with Crippen molar-refractivity contribution in [3.63, 3.8) is 0 Å². The van der Waals surface area contributed by atoms with E-state index in [2.05, 4.69) is 11.5 Å². The zero-order valence-electron chi connectivity index (χ0n) is 9.98. The Labute approximate surface area is 98.1 Å². The maximum atomic E-state index is 10.1. The molecule has 2 fully saturated rings. The molecule has 1 aliphatic heterocycles. The Morgan fingerprint density at radius 2 is 2.06 bits per heavy atom. The topological polar surface area (TPSA) is 32.7 Å². The van der Waals surface area contributed by atoms with Gasteiger partial charge in [0.15, 0.2) is 0 Å². The van der Waals surface area contributed by atoms with E-state index in [0.29, 0.717) is 11.8 Å². The van der Waals surface area contributed by atoms with Crippen LogP contribution in [0.2, 0.25) is 0 Å². The summed E-state index contributed by atoms with van der Waals surface area (Å²) in [5, 5.41) is 10.1. The summed E-state index contributed by atoms with van der Waals surface area (Å²) in [6.07, 6.45) is 5.08. The van der Waals surface area contributed by atoms with Crippen molar-refractivity contribution < 1.29 is 9.84 Å². The van der Waals surface area contributed by atoms with Gasteiger partial charge in [-0.3, -0.25) is 4.90 Å². The summed E-state index contributed by atoms with van der Waals surface area (Å²) in [6.45, 7) is 8.59. The van der Waals surface area contributed by atoms with E-state index in [9.17, 15) is 5.11 Å². The minimum absolute atomic E-state index is 0.139. The summed E-state index contributed by atoms with van der Waals surface area (Å²) in [5.41, 5.74) is 0. The fourth-order valence-electron chi connectivity index (χ4n) is 2.78. The normalized spacial score (nSPS) is 37.2. The highest BCUT2D eigenvalue weighted by Gasteiger charge is 2.29. The van der Waals surface area contributed by atoms with Gasteiger partial charge in [0.05, 0.1) is 19.3 Å². The molecule has 0 amide bonds. The van der Waals surface area contributed by atoms with E-state index in [1.54, 1.807) is 0 Å². The fourth-order valence-corrected chi connectivity index (χ4v) is 2.78. The van der Waals surface area contributed by atoms with Crippen LogP contribution >= 0.6 is 0 Å². The lowest BCUT2D eigenvalue weighted by Gasteiger charge is -2.36. The lowest BCUT2D eigenvalue weighted by molar-refractivity contribution is -0.00406. The minimum Gasteiger partial charge on any atom is -0.393 e. The summed E-state index contributed by atoms with van der Waals surface area (Å²) < 4.78 is 5.33. The van der Waals surface area contributed by atoms with E-state index in [-0.39, 0.29) is 6.10 Å². The van der Waals surface area contributed by atoms with E-state index >= 15 is 0 Å². The number of aliphatic hydroxyl groups is 1. The Bertz CT molecular complexity index is 226. The molecule has 0 radical (unpaired) electrons. The van der Waals surface area contributed by atoms with Crippen LogP contribution in [0.1, 0.15) is 19.3 Å². The molecule has 3 heteroatoms. The average Bonchev–Trinajstić information content (AvgIpc) is 2.33. The van der Waals surface area contributed by atoms with Crippen molar-refractivity contribution in [2.24, 2.45) is 11.8 Å². The van der Waals surface area contributed by atoms with Crippen molar-refractivity contribution in [2.45, 2.75) is 25.4 Å².